The average Bonchev–Trinajstić information content (AvgIpc) is 3.31. The molecule has 3 amide bonds. The van der Waals surface area contributed by atoms with Gasteiger partial charge in [-0.3, -0.25) is 19.3 Å². The van der Waals surface area contributed by atoms with Gasteiger partial charge in [0.15, 0.2) is 0 Å². The van der Waals surface area contributed by atoms with Gasteiger partial charge < -0.3 is 43.2 Å². The van der Waals surface area contributed by atoms with Crippen molar-refractivity contribution in [3.63, 3.8) is 0 Å². The number of carbonyl (C=O) groups excluding carboxylic acids is 3. The Morgan fingerprint density at radius 3 is 1.40 bits per heavy atom. The van der Waals surface area contributed by atoms with Gasteiger partial charge in [0.2, 0.25) is 17.7 Å². The fourth-order valence-corrected chi connectivity index (χ4v) is 4.65. The zero-order chi connectivity index (χ0) is 35.5. The molecule has 1 N–H and O–H groups in total. The first-order valence-corrected chi connectivity index (χ1v) is 17.6. The molecule has 1 aliphatic heterocycles. The van der Waals surface area contributed by atoms with Crippen molar-refractivity contribution < 1.29 is 52.3 Å². The van der Waals surface area contributed by atoms with Gasteiger partial charge in [-0.25, -0.2) is 0 Å². The van der Waals surface area contributed by atoms with Crippen LogP contribution in [0.15, 0.2) is 0 Å². The second-order valence-corrected chi connectivity index (χ2v) is 14.0. The normalized spacial score (nSPS) is 15.5. The molecule has 0 spiro atoms. The number of nitrogens with zero attached hydrogens (tertiary/aromatic N) is 1. The van der Waals surface area contributed by atoms with Crippen LogP contribution in [0.5, 0.6) is 0 Å². The summed E-state index contributed by atoms with van der Waals surface area (Å²) in [5, 5.41) is 2.94. The van der Waals surface area contributed by atoms with E-state index in [1.54, 1.807) is 0 Å². The smallest absolute Gasteiger partial charge is 0.233 e. The van der Waals surface area contributed by atoms with E-state index in [2.05, 4.69) is 26.1 Å². The fraction of sp³-hybridized carbons (Fsp3) is 0.914. The molecule has 0 aromatic carbocycles. The fourth-order valence-electron chi connectivity index (χ4n) is 4.65. The van der Waals surface area contributed by atoms with Crippen molar-refractivity contribution in [1.82, 2.24) is 10.2 Å². The number of amides is 3. The molecule has 1 unspecified atom stereocenters. The second kappa shape index (κ2) is 27.1. The van der Waals surface area contributed by atoms with Crippen molar-refractivity contribution in [3.8, 4) is 0 Å². The summed E-state index contributed by atoms with van der Waals surface area (Å²) in [4.78, 5) is 37.7. The number of rotatable bonds is 31. The van der Waals surface area contributed by atoms with Crippen molar-refractivity contribution in [1.29, 1.82) is 0 Å². The highest BCUT2D eigenvalue weighted by molar-refractivity contribution is 6.03. The molecular formula is C35H66N2O11. The highest BCUT2D eigenvalue weighted by atomic mass is 16.6. The Labute approximate surface area is 289 Å². The molecule has 282 valence electrons. The number of hydrogen-bond donors (Lipinski definition) is 1. The summed E-state index contributed by atoms with van der Waals surface area (Å²) in [6.07, 6.45) is 3.93. The number of likely N-dealkylation sites (tertiary alicyclic amines) is 1. The third-order valence-electron chi connectivity index (χ3n) is 7.50. The molecule has 0 aromatic rings. The summed E-state index contributed by atoms with van der Waals surface area (Å²) in [6, 6.07) is 0. The van der Waals surface area contributed by atoms with Gasteiger partial charge in [-0.1, -0.05) is 48.0 Å². The minimum Gasteiger partial charge on any atom is -0.379 e. The summed E-state index contributed by atoms with van der Waals surface area (Å²) in [7, 11) is 0. The van der Waals surface area contributed by atoms with Crippen LogP contribution in [0.3, 0.4) is 0 Å². The van der Waals surface area contributed by atoms with Crippen LogP contribution >= 0.6 is 0 Å². The molecule has 0 radical (unpaired) electrons. The lowest BCUT2D eigenvalue weighted by Crippen LogP contribution is -2.36. The molecule has 0 bridgehead atoms. The van der Waals surface area contributed by atoms with E-state index in [-0.39, 0.29) is 42.0 Å². The van der Waals surface area contributed by atoms with E-state index in [1.165, 1.54) is 4.90 Å². The summed E-state index contributed by atoms with van der Waals surface area (Å²) in [5.74, 6) is -0.453. The van der Waals surface area contributed by atoms with Crippen LogP contribution in [0.4, 0.5) is 0 Å². The minimum atomic E-state index is -0.259. The van der Waals surface area contributed by atoms with E-state index in [9.17, 15) is 14.4 Å². The third-order valence-corrected chi connectivity index (χ3v) is 7.50. The van der Waals surface area contributed by atoms with E-state index >= 15 is 0 Å². The van der Waals surface area contributed by atoms with E-state index in [0.29, 0.717) is 118 Å². The Morgan fingerprint density at radius 1 is 0.625 bits per heavy atom. The maximum absolute atomic E-state index is 12.5. The monoisotopic (exact) mass is 690 g/mol. The molecule has 1 atom stereocenters. The maximum Gasteiger partial charge on any atom is 0.233 e. The number of ether oxygens (including phenoxy) is 8. The standard InChI is InChI=1S/C35H66N2O11/c1-34(2,3)10-7-8-11-36-31(38)9-13-41-15-17-43-19-21-45-23-25-47-27-28-48-26-24-46-22-20-44-18-16-42-14-12-37-32(39)29-30(33(37)40)35(4,5)6/h30H,7-29H2,1-6H3,(H,36,38). The Morgan fingerprint density at radius 2 is 1.02 bits per heavy atom. The van der Waals surface area contributed by atoms with Gasteiger partial charge >= 0.3 is 0 Å². The molecule has 1 heterocycles. The van der Waals surface area contributed by atoms with Crippen LogP contribution in [0.25, 0.3) is 0 Å². The van der Waals surface area contributed by atoms with Gasteiger partial charge in [-0.15, -0.1) is 0 Å². The van der Waals surface area contributed by atoms with E-state index in [0.717, 1.165) is 25.8 Å². The number of imide groups is 1. The van der Waals surface area contributed by atoms with Crippen LogP contribution < -0.4 is 5.32 Å². The lowest BCUT2D eigenvalue weighted by molar-refractivity contribution is -0.141. The largest absolute Gasteiger partial charge is 0.379 e. The van der Waals surface area contributed by atoms with Gasteiger partial charge in [0, 0.05) is 19.4 Å². The van der Waals surface area contributed by atoms with Crippen molar-refractivity contribution >= 4 is 17.7 Å². The number of unbranched alkanes of at least 4 members (excludes halogenated alkanes) is 1. The summed E-state index contributed by atoms with van der Waals surface area (Å²) < 4.78 is 43.8. The highest BCUT2D eigenvalue weighted by Gasteiger charge is 2.44. The molecular weight excluding hydrogens is 624 g/mol. The first-order valence-electron chi connectivity index (χ1n) is 17.6. The zero-order valence-electron chi connectivity index (χ0n) is 30.8. The van der Waals surface area contributed by atoms with Gasteiger partial charge in [-0.05, 0) is 23.7 Å². The van der Waals surface area contributed by atoms with E-state index in [1.807, 2.05) is 20.8 Å². The lowest BCUT2D eigenvalue weighted by atomic mass is 9.80. The molecule has 0 saturated carbocycles. The first kappa shape index (κ1) is 44.3. The van der Waals surface area contributed by atoms with Crippen molar-refractivity contribution in [2.24, 2.45) is 16.7 Å². The Hall–Kier alpha value is -1.71. The molecule has 0 aromatic heterocycles. The number of carbonyl (C=O) groups is 3. The van der Waals surface area contributed by atoms with Crippen LogP contribution in [0.1, 0.15) is 73.6 Å². The van der Waals surface area contributed by atoms with Gasteiger partial charge in [-0.2, -0.15) is 0 Å². The van der Waals surface area contributed by atoms with Gasteiger partial charge in [0.05, 0.1) is 118 Å². The van der Waals surface area contributed by atoms with E-state index in [4.69, 9.17) is 37.9 Å². The van der Waals surface area contributed by atoms with E-state index < -0.39 is 0 Å². The molecule has 1 saturated heterocycles. The van der Waals surface area contributed by atoms with Crippen molar-refractivity contribution in [2.75, 3.05) is 119 Å². The van der Waals surface area contributed by atoms with Gasteiger partial charge in [0.25, 0.3) is 0 Å². The summed E-state index contributed by atoms with van der Waals surface area (Å²) >= 11 is 0. The molecule has 13 heteroatoms. The van der Waals surface area contributed by atoms with Crippen LogP contribution in [0, 0.1) is 16.7 Å². The molecule has 1 fully saturated rings. The maximum atomic E-state index is 12.5. The molecule has 0 aliphatic carbocycles. The Bertz CT molecular complexity index is 845. The van der Waals surface area contributed by atoms with Crippen LogP contribution in [-0.2, 0) is 52.3 Å². The Balaban J connectivity index is 1.73. The summed E-state index contributed by atoms with van der Waals surface area (Å²) in [6.45, 7) is 20.8. The van der Waals surface area contributed by atoms with Crippen molar-refractivity contribution in [2.45, 2.75) is 73.6 Å². The van der Waals surface area contributed by atoms with Crippen LogP contribution in [0.2, 0.25) is 0 Å². The lowest BCUT2D eigenvalue weighted by Gasteiger charge is -2.24. The predicted octanol–water partition coefficient (Wildman–Crippen LogP) is 3.26. The Kier molecular flexibility index (Phi) is 25.0. The topological polar surface area (TPSA) is 140 Å². The number of nitrogens with one attached hydrogen (secondary N) is 1. The van der Waals surface area contributed by atoms with Crippen molar-refractivity contribution in [3.05, 3.63) is 0 Å². The molecule has 13 nitrogen and oxygen atoms in total. The number of hydrogen-bond acceptors (Lipinski definition) is 11. The molecule has 1 aliphatic rings. The average molecular weight is 691 g/mol. The minimum absolute atomic E-state index is 0.0289. The summed E-state index contributed by atoms with van der Waals surface area (Å²) in [5.41, 5.74) is 0.121. The van der Waals surface area contributed by atoms with Gasteiger partial charge in [0.1, 0.15) is 0 Å². The quantitative estimate of drug-likeness (QED) is 0.0847. The highest BCUT2D eigenvalue weighted by Crippen LogP contribution is 2.35. The SMILES string of the molecule is CC(C)(C)CCCCNC(=O)CCOCCOCCOCCOCCOCCOCCOCCOCCN1C(=O)CC(C(C)(C)C)C1=O. The second-order valence-electron chi connectivity index (χ2n) is 14.0. The third kappa shape index (κ3) is 24.4. The van der Waals surface area contributed by atoms with Crippen LogP contribution in [-0.4, -0.2) is 141 Å². The predicted molar refractivity (Wildman–Crippen MR) is 182 cm³/mol. The zero-order valence-corrected chi connectivity index (χ0v) is 30.8. The first-order chi connectivity index (χ1) is 22.9. The molecule has 1 rings (SSSR count). The molecule has 48 heavy (non-hydrogen) atoms.